The molecule has 2 aromatic carbocycles. The largest absolute Gasteiger partial charge is 0.497 e. The van der Waals surface area contributed by atoms with Crippen molar-refractivity contribution in [1.82, 2.24) is 4.98 Å². The van der Waals surface area contributed by atoms with E-state index in [1.165, 1.54) is 0 Å². The van der Waals surface area contributed by atoms with Gasteiger partial charge in [-0.1, -0.05) is 15.9 Å². The molecule has 0 aliphatic carbocycles. The number of methoxy groups -OCH3 is 1. The van der Waals surface area contributed by atoms with Crippen LogP contribution in [-0.4, -0.2) is 22.1 Å². The highest BCUT2D eigenvalue weighted by molar-refractivity contribution is 9.10. The fourth-order valence-corrected chi connectivity index (χ4v) is 3.55. The van der Waals surface area contributed by atoms with Crippen molar-refractivity contribution in [2.24, 2.45) is 0 Å². The maximum absolute atomic E-state index is 12.8. The normalized spacial score (nSPS) is 11.6. The molecule has 0 aliphatic heterocycles. The molecule has 1 N–H and O–H groups in total. The monoisotopic (exact) mass is 430 g/mol. The predicted molar refractivity (Wildman–Crippen MR) is 105 cm³/mol. The van der Waals surface area contributed by atoms with Gasteiger partial charge in [-0.05, 0) is 54.6 Å². The van der Waals surface area contributed by atoms with Crippen LogP contribution < -0.4 is 9.46 Å². The van der Waals surface area contributed by atoms with Crippen molar-refractivity contribution in [2.45, 2.75) is 4.90 Å². The molecule has 1 unspecified atom stereocenters. The van der Waals surface area contributed by atoms with E-state index >= 15 is 0 Å². The lowest BCUT2D eigenvalue weighted by Crippen LogP contribution is -2.10. The van der Waals surface area contributed by atoms with Crippen molar-refractivity contribution in [2.75, 3.05) is 11.8 Å². The fraction of sp³-hybridized carbons (Fsp3) is 0.0526. The molecule has 0 spiro atoms. The van der Waals surface area contributed by atoms with E-state index in [4.69, 9.17) is 4.74 Å². The second kappa shape index (κ2) is 8.25. The number of benzene rings is 2. The van der Waals surface area contributed by atoms with Gasteiger partial charge >= 0.3 is 0 Å². The molecule has 1 atom stereocenters. The second-order valence-electron chi connectivity index (χ2n) is 5.30. The lowest BCUT2D eigenvalue weighted by atomic mass is 10.0. The number of ether oxygens (including phenoxy) is 1. The highest BCUT2D eigenvalue weighted by Gasteiger charge is 2.16. The summed E-state index contributed by atoms with van der Waals surface area (Å²) >= 11 is 3.38. The Bertz CT molecular complexity index is 947. The number of hydrogen-bond acceptors (Lipinski definition) is 4. The van der Waals surface area contributed by atoms with Crippen LogP contribution in [0.4, 0.5) is 5.69 Å². The molecule has 132 valence electrons. The van der Waals surface area contributed by atoms with Crippen LogP contribution in [0, 0.1) is 0 Å². The third-order valence-corrected chi connectivity index (χ3v) is 5.24. The lowest BCUT2D eigenvalue weighted by Gasteiger charge is -2.12. The predicted octanol–water partition coefficient (Wildman–Crippen LogP) is 4.22. The van der Waals surface area contributed by atoms with Gasteiger partial charge in [0.05, 0.1) is 17.7 Å². The minimum atomic E-state index is -1.52. The average molecular weight is 431 g/mol. The third-order valence-electron chi connectivity index (χ3n) is 3.64. The standard InChI is InChI=1S/C19H15BrN2O3S/c1-25-15-3-5-16(6-4-15)26(24)22-18-7-2-14(20)12-17(18)19(23)13-8-10-21-11-9-13/h2-12,22H,1H3. The summed E-state index contributed by atoms with van der Waals surface area (Å²) in [4.78, 5) is 17.3. The SMILES string of the molecule is COc1ccc(S(=O)Nc2ccc(Br)cc2C(=O)c2ccncc2)cc1. The number of carbonyl (C=O) groups excluding carboxylic acids is 1. The number of nitrogens with zero attached hydrogens (tertiary/aromatic N) is 1. The van der Waals surface area contributed by atoms with Gasteiger partial charge in [0.25, 0.3) is 0 Å². The molecule has 5 nitrogen and oxygen atoms in total. The van der Waals surface area contributed by atoms with Crippen LogP contribution in [0.1, 0.15) is 15.9 Å². The Labute approximate surface area is 162 Å². The van der Waals surface area contributed by atoms with Gasteiger partial charge in [-0.25, -0.2) is 4.21 Å². The summed E-state index contributed by atoms with van der Waals surface area (Å²) in [6, 6.07) is 15.4. The van der Waals surface area contributed by atoms with E-state index in [9.17, 15) is 9.00 Å². The number of pyridine rings is 1. The molecule has 0 saturated heterocycles. The minimum absolute atomic E-state index is 0.178. The summed E-state index contributed by atoms with van der Waals surface area (Å²) < 4.78 is 21.4. The van der Waals surface area contributed by atoms with Gasteiger partial charge < -0.3 is 9.46 Å². The van der Waals surface area contributed by atoms with E-state index in [-0.39, 0.29) is 5.78 Å². The van der Waals surface area contributed by atoms with Gasteiger partial charge in [0.1, 0.15) is 16.7 Å². The molecule has 26 heavy (non-hydrogen) atoms. The number of nitrogens with one attached hydrogen (secondary N) is 1. The van der Waals surface area contributed by atoms with Gasteiger partial charge in [0.2, 0.25) is 0 Å². The molecule has 1 aromatic heterocycles. The van der Waals surface area contributed by atoms with E-state index < -0.39 is 11.0 Å². The van der Waals surface area contributed by atoms with E-state index in [1.807, 2.05) is 0 Å². The van der Waals surface area contributed by atoms with Crippen LogP contribution in [0.3, 0.4) is 0 Å². The second-order valence-corrected chi connectivity index (χ2v) is 7.43. The molecule has 3 aromatic rings. The molecule has 0 amide bonds. The van der Waals surface area contributed by atoms with Crippen molar-refractivity contribution in [1.29, 1.82) is 0 Å². The average Bonchev–Trinajstić information content (AvgIpc) is 2.69. The highest BCUT2D eigenvalue weighted by Crippen LogP contribution is 2.25. The number of rotatable bonds is 6. The maximum atomic E-state index is 12.8. The first kappa shape index (κ1) is 18.3. The first-order valence-corrected chi connectivity index (χ1v) is 9.59. The summed E-state index contributed by atoms with van der Waals surface area (Å²) in [7, 11) is 0.0526. The van der Waals surface area contributed by atoms with Crippen LogP contribution in [0.5, 0.6) is 5.75 Å². The van der Waals surface area contributed by atoms with Gasteiger partial charge in [-0.15, -0.1) is 0 Å². The van der Waals surface area contributed by atoms with Crippen molar-refractivity contribution >= 4 is 38.4 Å². The lowest BCUT2D eigenvalue weighted by molar-refractivity contribution is 0.103. The van der Waals surface area contributed by atoms with E-state index in [0.717, 1.165) is 4.47 Å². The molecular formula is C19H15BrN2O3S. The zero-order valence-electron chi connectivity index (χ0n) is 13.8. The fourth-order valence-electron chi connectivity index (χ4n) is 2.31. The van der Waals surface area contributed by atoms with Gasteiger partial charge in [-0.2, -0.15) is 0 Å². The van der Waals surface area contributed by atoms with E-state index in [0.29, 0.717) is 27.5 Å². The molecule has 3 rings (SSSR count). The molecule has 0 fully saturated rings. The Kier molecular flexibility index (Phi) is 5.80. The van der Waals surface area contributed by atoms with Crippen molar-refractivity contribution < 1.29 is 13.7 Å². The van der Waals surface area contributed by atoms with E-state index in [2.05, 4.69) is 25.6 Å². The van der Waals surface area contributed by atoms with Crippen molar-refractivity contribution in [3.8, 4) is 5.75 Å². The van der Waals surface area contributed by atoms with E-state index in [1.54, 1.807) is 74.1 Å². The Morgan fingerprint density at radius 1 is 1.08 bits per heavy atom. The zero-order valence-corrected chi connectivity index (χ0v) is 16.2. The van der Waals surface area contributed by atoms with Crippen LogP contribution in [0.15, 0.2) is 76.4 Å². The van der Waals surface area contributed by atoms with Crippen LogP contribution >= 0.6 is 15.9 Å². The molecule has 7 heteroatoms. The molecule has 0 radical (unpaired) electrons. The third kappa shape index (κ3) is 4.17. The number of hydrogen-bond donors (Lipinski definition) is 1. The number of anilines is 1. The number of ketones is 1. The van der Waals surface area contributed by atoms with Crippen LogP contribution in [0.25, 0.3) is 0 Å². The Hall–Kier alpha value is -2.51. The molecule has 0 saturated carbocycles. The smallest absolute Gasteiger partial charge is 0.195 e. The van der Waals surface area contributed by atoms with Crippen molar-refractivity contribution in [3.05, 3.63) is 82.6 Å². The summed E-state index contributed by atoms with van der Waals surface area (Å²) in [5, 5.41) is 0. The Balaban J connectivity index is 1.90. The minimum Gasteiger partial charge on any atom is -0.497 e. The van der Waals surface area contributed by atoms with Gasteiger partial charge in [0, 0.05) is 28.0 Å². The first-order valence-electron chi connectivity index (χ1n) is 7.65. The number of aromatic nitrogens is 1. The Morgan fingerprint density at radius 2 is 1.77 bits per heavy atom. The molecule has 1 heterocycles. The maximum Gasteiger partial charge on any atom is 0.195 e. The molecule has 0 bridgehead atoms. The summed E-state index contributed by atoms with van der Waals surface area (Å²) in [5.74, 6) is 0.505. The summed E-state index contributed by atoms with van der Waals surface area (Å²) in [6.45, 7) is 0. The highest BCUT2D eigenvalue weighted by atomic mass is 79.9. The van der Waals surface area contributed by atoms with Gasteiger partial charge in [-0.3, -0.25) is 9.78 Å². The summed E-state index contributed by atoms with van der Waals surface area (Å²) in [6.07, 6.45) is 3.13. The van der Waals surface area contributed by atoms with Gasteiger partial charge in [0.15, 0.2) is 5.78 Å². The topological polar surface area (TPSA) is 68.3 Å². The van der Waals surface area contributed by atoms with Crippen LogP contribution in [-0.2, 0) is 11.0 Å². The number of halogens is 1. The molecule has 0 aliphatic rings. The summed E-state index contributed by atoms with van der Waals surface area (Å²) in [5.41, 5.74) is 1.42. The van der Waals surface area contributed by atoms with Crippen LogP contribution in [0.2, 0.25) is 0 Å². The molecular weight excluding hydrogens is 416 g/mol. The Morgan fingerprint density at radius 3 is 2.42 bits per heavy atom. The quantitative estimate of drug-likeness (QED) is 0.594. The first-order chi connectivity index (χ1) is 12.6. The van der Waals surface area contributed by atoms with Crippen molar-refractivity contribution in [3.63, 3.8) is 0 Å². The zero-order chi connectivity index (χ0) is 18.5. The number of carbonyl (C=O) groups is 1.